The first kappa shape index (κ1) is 21.4. The standard InChI is InChI=1S/C20H38O4/c1-3-4-5-6-7-8-9-10-11-13-17-23-20(24-18(2)21)19-15-12-14-16-22-19/h19-20H,3-17H2,1-2H3. The zero-order valence-corrected chi connectivity index (χ0v) is 15.9. The van der Waals surface area contributed by atoms with E-state index in [0.717, 1.165) is 32.3 Å². The average Bonchev–Trinajstić information content (AvgIpc) is 2.59. The molecule has 2 unspecified atom stereocenters. The van der Waals surface area contributed by atoms with Crippen LogP contribution >= 0.6 is 0 Å². The second-order valence-electron chi connectivity index (χ2n) is 6.94. The summed E-state index contributed by atoms with van der Waals surface area (Å²) >= 11 is 0. The summed E-state index contributed by atoms with van der Waals surface area (Å²) in [6, 6.07) is 0. The number of carbonyl (C=O) groups excluding carboxylic acids is 1. The van der Waals surface area contributed by atoms with Crippen molar-refractivity contribution in [3.63, 3.8) is 0 Å². The molecule has 4 nitrogen and oxygen atoms in total. The Morgan fingerprint density at radius 2 is 1.62 bits per heavy atom. The lowest BCUT2D eigenvalue weighted by molar-refractivity contribution is -0.215. The Kier molecular flexibility index (Phi) is 13.1. The number of unbranched alkanes of at least 4 members (excludes halogenated alkanes) is 9. The second kappa shape index (κ2) is 14.7. The smallest absolute Gasteiger partial charge is 0.305 e. The van der Waals surface area contributed by atoms with E-state index in [2.05, 4.69) is 6.92 Å². The van der Waals surface area contributed by atoms with Crippen LogP contribution in [0.1, 0.15) is 97.3 Å². The molecule has 0 bridgehead atoms. The van der Waals surface area contributed by atoms with Crippen LogP contribution < -0.4 is 0 Å². The van der Waals surface area contributed by atoms with Crippen molar-refractivity contribution in [3.05, 3.63) is 0 Å². The van der Waals surface area contributed by atoms with Gasteiger partial charge in [0, 0.05) is 13.5 Å². The highest BCUT2D eigenvalue weighted by Gasteiger charge is 2.27. The Balaban J connectivity index is 2.01. The van der Waals surface area contributed by atoms with E-state index in [1.165, 1.54) is 64.7 Å². The number of carbonyl (C=O) groups is 1. The fourth-order valence-corrected chi connectivity index (χ4v) is 3.15. The third kappa shape index (κ3) is 11.0. The van der Waals surface area contributed by atoms with E-state index < -0.39 is 6.29 Å². The monoisotopic (exact) mass is 342 g/mol. The Labute approximate surface area is 148 Å². The molecule has 1 fully saturated rings. The summed E-state index contributed by atoms with van der Waals surface area (Å²) in [6.45, 7) is 5.08. The van der Waals surface area contributed by atoms with Gasteiger partial charge in [-0.3, -0.25) is 4.79 Å². The summed E-state index contributed by atoms with van der Waals surface area (Å²) in [5.41, 5.74) is 0. The van der Waals surface area contributed by atoms with Crippen LogP contribution in [0.25, 0.3) is 0 Å². The molecular formula is C20H38O4. The van der Waals surface area contributed by atoms with Crippen LogP contribution in [0.2, 0.25) is 0 Å². The molecule has 0 aromatic heterocycles. The van der Waals surface area contributed by atoms with Gasteiger partial charge in [0.05, 0.1) is 6.61 Å². The van der Waals surface area contributed by atoms with Crippen molar-refractivity contribution >= 4 is 5.97 Å². The van der Waals surface area contributed by atoms with Crippen molar-refractivity contribution in [1.29, 1.82) is 0 Å². The molecule has 1 heterocycles. The molecule has 2 atom stereocenters. The van der Waals surface area contributed by atoms with Gasteiger partial charge in [-0.2, -0.15) is 0 Å². The predicted molar refractivity (Wildman–Crippen MR) is 96.9 cm³/mol. The Hall–Kier alpha value is -0.610. The van der Waals surface area contributed by atoms with E-state index in [9.17, 15) is 4.79 Å². The van der Waals surface area contributed by atoms with Crippen molar-refractivity contribution in [2.24, 2.45) is 0 Å². The fraction of sp³-hybridized carbons (Fsp3) is 0.950. The molecule has 0 radical (unpaired) electrons. The highest BCUT2D eigenvalue weighted by Crippen LogP contribution is 2.19. The van der Waals surface area contributed by atoms with Gasteiger partial charge in [-0.05, 0) is 25.7 Å². The largest absolute Gasteiger partial charge is 0.433 e. The molecule has 0 aromatic rings. The Morgan fingerprint density at radius 1 is 1.00 bits per heavy atom. The fourth-order valence-electron chi connectivity index (χ4n) is 3.15. The van der Waals surface area contributed by atoms with Crippen LogP contribution in [0, 0.1) is 0 Å². The van der Waals surface area contributed by atoms with Gasteiger partial charge >= 0.3 is 5.97 Å². The van der Waals surface area contributed by atoms with Crippen molar-refractivity contribution in [3.8, 4) is 0 Å². The lowest BCUT2D eigenvalue weighted by Gasteiger charge is -2.29. The van der Waals surface area contributed by atoms with E-state index in [4.69, 9.17) is 14.2 Å². The van der Waals surface area contributed by atoms with Gasteiger partial charge in [0.25, 0.3) is 0 Å². The van der Waals surface area contributed by atoms with E-state index in [-0.39, 0.29) is 12.1 Å². The first-order valence-corrected chi connectivity index (χ1v) is 10.1. The molecule has 1 saturated heterocycles. The van der Waals surface area contributed by atoms with E-state index in [1.807, 2.05) is 0 Å². The molecule has 4 heteroatoms. The quantitative estimate of drug-likeness (QED) is 0.241. The van der Waals surface area contributed by atoms with Crippen molar-refractivity contribution < 1.29 is 19.0 Å². The minimum atomic E-state index is -0.527. The molecule has 142 valence electrons. The van der Waals surface area contributed by atoms with Gasteiger partial charge in [0.2, 0.25) is 6.29 Å². The van der Waals surface area contributed by atoms with E-state index >= 15 is 0 Å². The molecule has 0 saturated carbocycles. The normalized spacial score (nSPS) is 19.2. The molecule has 0 aliphatic carbocycles. The minimum Gasteiger partial charge on any atom is -0.433 e. The van der Waals surface area contributed by atoms with Crippen LogP contribution in [0.3, 0.4) is 0 Å². The SMILES string of the molecule is CCCCCCCCCCCCOC(OC(C)=O)C1CCCCO1. The first-order valence-electron chi connectivity index (χ1n) is 10.1. The van der Waals surface area contributed by atoms with Crippen molar-refractivity contribution in [2.45, 2.75) is 110 Å². The first-order chi connectivity index (χ1) is 11.7. The maximum Gasteiger partial charge on any atom is 0.305 e. The summed E-state index contributed by atoms with van der Waals surface area (Å²) < 4.78 is 16.8. The number of ether oxygens (including phenoxy) is 3. The molecule has 0 spiro atoms. The van der Waals surface area contributed by atoms with Gasteiger partial charge in [-0.15, -0.1) is 0 Å². The van der Waals surface area contributed by atoms with Crippen LogP contribution in [0.5, 0.6) is 0 Å². The molecule has 0 aromatic carbocycles. The number of hydrogen-bond acceptors (Lipinski definition) is 4. The topological polar surface area (TPSA) is 44.8 Å². The van der Waals surface area contributed by atoms with Crippen LogP contribution in [-0.2, 0) is 19.0 Å². The minimum absolute atomic E-state index is 0.0919. The van der Waals surface area contributed by atoms with Crippen molar-refractivity contribution in [2.75, 3.05) is 13.2 Å². The lowest BCUT2D eigenvalue weighted by atomic mass is 10.1. The van der Waals surface area contributed by atoms with Gasteiger partial charge in [-0.25, -0.2) is 0 Å². The zero-order valence-electron chi connectivity index (χ0n) is 15.9. The number of hydrogen-bond donors (Lipinski definition) is 0. The summed E-state index contributed by atoms with van der Waals surface area (Å²) in [4.78, 5) is 11.2. The Bertz CT molecular complexity index is 300. The van der Waals surface area contributed by atoms with E-state index in [1.54, 1.807) is 0 Å². The highest BCUT2D eigenvalue weighted by molar-refractivity contribution is 5.66. The molecule has 0 N–H and O–H groups in total. The van der Waals surface area contributed by atoms with Crippen LogP contribution in [-0.4, -0.2) is 31.6 Å². The molecule has 24 heavy (non-hydrogen) atoms. The van der Waals surface area contributed by atoms with Gasteiger partial charge in [-0.1, -0.05) is 64.7 Å². The highest BCUT2D eigenvalue weighted by atomic mass is 16.7. The zero-order chi connectivity index (χ0) is 17.5. The third-order valence-corrected chi connectivity index (χ3v) is 4.58. The molecule has 1 aliphatic heterocycles. The Morgan fingerprint density at radius 3 is 2.17 bits per heavy atom. The summed E-state index contributed by atoms with van der Waals surface area (Å²) in [6.07, 6.45) is 15.5. The van der Waals surface area contributed by atoms with Crippen molar-refractivity contribution in [1.82, 2.24) is 0 Å². The van der Waals surface area contributed by atoms with Gasteiger partial charge in [0.15, 0.2) is 0 Å². The molecule has 1 aliphatic rings. The maximum atomic E-state index is 11.2. The van der Waals surface area contributed by atoms with E-state index in [0.29, 0.717) is 6.61 Å². The van der Waals surface area contributed by atoms with Crippen LogP contribution in [0.4, 0.5) is 0 Å². The van der Waals surface area contributed by atoms with Gasteiger partial charge in [0.1, 0.15) is 6.10 Å². The molecule has 0 amide bonds. The third-order valence-electron chi connectivity index (χ3n) is 4.58. The number of esters is 1. The maximum absolute atomic E-state index is 11.2. The summed E-state index contributed by atoms with van der Waals surface area (Å²) in [5, 5.41) is 0. The van der Waals surface area contributed by atoms with Crippen LogP contribution in [0.15, 0.2) is 0 Å². The lowest BCUT2D eigenvalue weighted by Crippen LogP contribution is -2.37. The average molecular weight is 343 g/mol. The molecule has 1 rings (SSSR count). The predicted octanol–water partition coefficient (Wildman–Crippen LogP) is 5.38. The summed E-state index contributed by atoms with van der Waals surface area (Å²) in [7, 11) is 0. The summed E-state index contributed by atoms with van der Waals surface area (Å²) in [5.74, 6) is -0.294. The second-order valence-corrected chi connectivity index (χ2v) is 6.94. The van der Waals surface area contributed by atoms with Gasteiger partial charge < -0.3 is 14.2 Å². The number of rotatable bonds is 14. The molecular weight excluding hydrogens is 304 g/mol.